The molecule has 0 aliphatic rings. The highest BCUT2D eigenvalue weighted by molar-refractivity contribution is 5.55. The second-order valence-corrected chi connectivity index (χ2v) is 3.34. The van der Waals surface area contributed by atoms with Crippen molar-refractivity contribution in [3.63, 3.8) is 0 Å². The van der Waals surface area contributed by atoms with Crippen LogP contribution < -0.4 is 5.32 Å². The van der Waals surface area contributed by atoms with Gasteiger partial charge in [-0.25, -0.2) is 0 Å². The average molecular weight is 227 g/mol. The summed E-state index contributed by atoms with van der Waals surface area (Å²) in [6.07, 6.45) is 1.43. The van der Waals surface area contributed by atoms with E-state index in [4.69, 9.17) is 0 Å². The lowest BCUT2D eigenvalue weighted by atomic mass is 10.4. The van der Waals surface area contributed by atoms with Gasteiger partial charge in [0.2, 0.25) is 0 Å². The fourth-order valence-electron chi connectivity index (χ4n) is 1.44. The molecular weight excluding hydrogens is 210 g/mol. The van der Waals surface area contributed by atoms with Crippen LogP contribution in [0.3, 0.4) is 0 Å². The Morgan fingerprint density at radius 1 is 1.56 bits per heavy atom. The SMILES string of the molecule is CCN(CC)CCNc1cn[nH]c1[N+](=O)[O-]. The molecule has 0 saturated carbocycles. The third-order valence-electron chi connectivity index (χ3n) is 2.44. The van der Waals surface area contributed by atoms with Gasteiger partial charge in [0.15, 0.2) is 5.69 Å². The van der Waals surface area contributed by atoms with Gasteiger partial charge in [-0.3, -0.25) is 0 Å². The van der Waals surface area contributed by atoms with Gasteiger partial charge in [0.05, 0.1) is 0 Å². The van der Waals surface area contributed by atoms with Crippen LogP contribution in [0.1, 0.15) is 13.8 Å². The molecule has 0 aliphatic carbocycles. The predicted octanol–water partition coefficient (Wildman–Crippen LogP) is 1.07. The Morgan fingerprint density at radius 2 is 2.25 bits per heavy atom. The van der Waals surface area contributed by atoms with E-state index in [0.717, 1.165) is 19.6 Å². The molecule has 0 atom stereocenters. The minimum Gasteiger partial charge on any atom is -0.376 e. The third-order valence-corrected chi connectivity index (χ3v) is 2.44. The highest BCUT2D eigenvalue weighted by Crippen LogP contribution is 2.18. The van der Waals surface area contributed by atoms with Crippen molar-refractivity contribution in [2.45, 2.75) is 13.8 Å². The zero-order valence-corrected chi connectivity index (χ0v) is 9.56. The van der Waals surface area contributed by atoms with Crippen molar-refractivity contribution in [2.75, 3.05) is 31.5 Å². The first-order valence-electron chi connectivity index (χ1n) is 5.33. The molecule has 0 unspecified atom stereocenters. The standard InChI is InChI=1S/C9H17N5O2/c1-3-13(4-2)6-5-10-8-7-11-12-9(8)14(15)16/h7,10H,3-6H2,1-2H3,(H,11,12). The topological polar surface area (TPSA) is 87.1 Å². The lowest BCUT2D eigenvalue weighted by Gasteiger charge is -2.17. The Kier molecular flexibility index (Phi) is 4.71. The number of rotatable bonds is 7. The summed E-state index contributed by atoms with van der Waals surface area (Å²) >= 11 is 0. The van der Waals surface area contributed by atoms with E-state index in [1.807, 2.05) is 0 Å². The van der Waals surface area contributed by atoms with Gasteiger partial charge in [-0.15, -0.1) is 5.10 Å². The first-order valence-corrected chi connectivity index (χ1v) is 5.33. The van der Waals surface area contributed by atoms with E-state index in [1.165, 1.54) is 6.20 Å². The number of anilines is 1. The van der Waals surface area contributed by atoms with Crippen LogP contribution in [-0.4, -0.2) is 46.2 Å². The van der Waals surface area contributed by atoms with Crippen LogP contribution in [0.15, 0.2) is 6.20 Å². The number of nitrogens with one attached hydrogen (secondary N) is 2. The van der Waals surface area contributed by atoms with Crippen LogP contribution in [0, 0.1) is 10.1 Å². The summed E-state index contributed by atoms with van der Waals surface area (Å²) in [6, 6.07) is 0. The van der Waals surface area contributed by atoms with E-state index in [0.29, 0.717) is 12.2 Å². The van der Waals surface area contributed by atoms with Crippen molar-refractivity contribution in [3.8, 4) is 0 Å². The summed E-state index contributed by atoms with van der Waals surface area (Å²) in [5.41, 5.74) is 0.442. The normalized spacial score (nSPS) is 10.7. The van der Waals surface area contributed by atoms with Crippen molar-refractivity contribution in [3.05, 3.63) is 16.3 Å². The van der Waals surface area contributed by atoms with Gasteiger partial charge in [-0.1, -0.05) is 18.9 Å². The zero-order valence-electron chi connectivity index (χ0n) is 9.56. The third kappa shape index (κ3) is 3.20. The van der Waals surface area contributed by atoms with Crippen LogP contribution in [0.2, 0.25) is 0 Å². The lowest BCUT2D eigenvalue weighted by molar-refractivity contribution is -0.388. The molecule has 0 aliphatic heterocycles. The number of aromatic amines is 1. The summed E-state index contributed by atoms with van der Waals surface area (Å²) in [5, 5.41) is 19.6. The summed E-state index contributed by atoms with van der Waals surface area (Å²) in [5.74, 6) is -0.0838. The van der Waals surface area contributed by atoms with Crippen LogP contribution in [0.5, 0.6) is 0 Å². The highest BCUT2D eigenvalue weighted by atomic mass is 16.6. The molecule has 0 spiro atoms. The van der Waals surface area contributed by atoms with E-state index in [2.05, 4.69) is 34.3 Å². The predicted molar refractivity (Wildman–Crippen MR) is 61.5 cm³/mol. The monoisotopic (exact) mass is 227 g/mol. The van der Waals surface area contributed by atoms with Crippen molar-refractivity contribution >= 4 is 11.5 Å². The molecular formula is C9H17N5O2. The highest BCUT2D eigenvalue weighted by Gasteiger charge is 2.13. The zero-order chi connectivity index (χ0) is 12.0. The smallest absolute Gasteiger partial charge is 0.366 e. The fraction of sp³-hybridized carbons (Fsp3) is 0.667. The van der Waals surface area contributed by atoms with Crippen LogP contribution in [0.4, 0.5) is 11.5 Å². The Morgan fingerprint density at radius 3 is 2.81 bits per heavy atom. The molecule has 16 heavy (non-hydrogen) atoms. The second-order valence-electron chi connectivity index (χ2n) is 3.34. The van der Waals surface area contributed by atoms with E-state index >= 15 is 0 Å². The number of likely N-dealkylation sites (N-methyl/N-ethyl adjacent to an activating group) is 1. The molecule has 0 radical (unpaired) electrons. The maximum absolute atomic E-state index is 10.6. The Hall–Kier alpha value is -1.63. The largest absolute Gasteiger partial charge is 0.376 e. The molecule has 0 amide bonds. The summed E-state index contributed by atoms with van der Waals surface area (Å²) in [4.78, 5) is 12.3. The molecule has 0 fully saturated rings. The quantitative estimate of drug-likeness (QED) is 0.537. The Balaban J connectivity index is 2.42. The number of H-pyrrole nitrogens is 1. The van der Waals surface area contributed by atoms with Crippen LogP contribution >= 0.6 is 0 Å². The molecule has 0 aromatic carbocycles. The number of hydrogen-bond acceptors (Lipinski definition) is 5. The van der Waals surface area contributed by atoms with E-state index in [9.17, 15) is 10.1 Å². The number of nitro groups is 1. The fourth-order valence-corrected chi connectivity index (χ4v) is 1.44. The minimum absolute atomic E-state index is 0.0838. The minimum atomic E-state index is -0.479. The molecule has 0 bridgehead atoms. The van der Waals surface area contributed by atoms with Gasteiger partial charge < -0.3 is 20.3 Å². The molecule has 7 heteroatoms. The molecule has 1 aromatic heterocycles. The van der Waals surface area contributed by atoms with Crippen molar-refractivity contribution in [1.29, 1.82) is 0 Å². The average Bonchev–Trinajstić information content (AvgIpc) is 2.72. The van der Waals surface area contributed by atoms with Crippen LogP contribution in [-0.2, 0) is 0 Å². The first kappa shape index (κ1) is 12.4. The lowest BCUT2D eigenvalue weighted by Crippen LogP contribution is -2.28. The number of hydrogen-bond donors (Lipinski definition) is 2. The number of nitrogens with zero attached hydrogens (tertiary/aromatic N) is 3. The Bertz CT molecular complexity index is 334. The number of aromatic nitrogens is 2. The Labute approximate surface area is 94.0 Å². The van der Waals surface area contributed by atoms with Crippen molar-refractivity contribution in [1.82, 2.24) is 15.1 Å². The van der Waals surface area contributed by atoms with E-state index < -0.39 is 4.92 Å². The molecule has 0 saturated heterocycles. The summed E-state index contributed by atoms with van der Waals surface area (Å²) in [7, 11) is 0. The molecule has 1 heterocycles. The van der Waals surface area contributed by atoms with Gasteiger partial charge >= 0.3 is 5.82 Å². The molecule has 2 N–H and O–H groups in total. The van der Waals surface area contributed by atoms with Gasteiger partial charge in [0, 0.05) is 13.1 Å². The molecule has 1 rings (SSSR count). The summed E-state index contributed by atoms with van der Waals surface area (Å²) in [6.45, 7) is 7.66. The van der Waals surface area contributed by atoms with Crippen molar-refractivity contribution < 1.29 is 4.92 Å². The first-order chi connectivity index (χ1) is 7.69. The van der Waals surface area contributed by atoms with Crippen LogP contribution in [0.25, 0.3) is 0 Å². The molecule has 1 aromatic rings. The maximum Gasteiger partial charge on any atom is 0.366 e. The van der Waals surface area contributed by atoms with Gasteiger partial charge in [0.25, 0.3) is 0 Å². The van der Waals surface area contributed by atoms with Gasteiger partial charge in [-0.05, 0) is 18.0 Å². The van der Waals surface area contributed by atoms with Crippen molar-refractivity contribution in [2.24, 2.45) is 0 Å². The van der Waals surface area contributed by atoms with E-state index in [1.54, 1.807) is 0 Å². The maximum atomic E-state index is 10.6. The summed E-state index contributed by atoms with van der Waals surface area (Å²) < 4.78 is 0. The molecule has 90 valence electrons. The second kappa shape index (κ2) is 6.06. The van der Waals surface area contributed by atoms with Gasteiger partial charge in [0.1, 0.15) is 6.20 Å². The van der Waals surface area contributed by atoms with E-state index in [-0.39, 0.29) is 5.82 Å². The van der Waals surface area contributed by atoms with Gasteiger partial charge in [-0.2, -0.15) is 0 Å². The molecule has 7 nitrogen and oxygen atoms in total.